The molecule has 0 amide bonds. The Morgan fingerprint density at radius 1 is 1.24 bits per heavy atom. The van der Waals surface area contributed by atoms with Crippen LogP contribution in [0.4, 0.5) is 5.69 Å². The first kappa shape index (κ1) is 12.7. The summed E-state index contributed by atoms with van der Waals surface area (Å²) in [7, 11) is 0. The molecule has 1 aliphatic rings. The Kier molecular flexibility index (Phi) is 2.91. The summed E-state index contributed by atoms with van der Waals surface area (Å²) in [6.07, 6.45) is 0. The summed E-state index contributed by atoms with van der Waals surface area (Å²) in [5.41, 5.74) is 8.36. The van der Waals surface area contributed by atoms with Gasteiger partial charge in [-0.2, -0.15) is 0 Å². The first-order valence-corrected chi connectivity index (χ1v) is 6.42. The normalized spacial score (nSPS) is 21.5. The number of hydrogen-bond acceptors (Lipinski definition) is 2. The molecule has 0 bridgehead atoms. The summed E-state index contributed by atoms with van der Waals surface area (Å²) in [6.45, 7) is 10.1. The van der Waals surface area contributed by atoms with Crippen LogP contribution in [-0.2, 0) is 6.54 Å². The minimum absolute atomic E-state index is 0.366. The highest BCUT2D eigenvalue weighted by molar-refractivity contribution is 6.33. The van der Waals surface area contributed by atoms with Gasteiger partial charge in [0.05, 0.1) is 10.7 Å². The third kappa shape index (κ3) is 2.04. The molecule has 17 heavy (non-hydrogen) atoms. The number of hydrogen-bond donors (Lipinski definition) is 2. The second kappa shape index (κ2) is 3.89. The van der Waals surface area contributed by atoms with Crippen molar-refractivity contribution in [2.75, 3.05) is 5.73 Å². The number of nitrogens with two attached hydrogens (primary N) is 1. The Morgan fingerprint density at radius 2 is 1.82 bits per heavy atom. The van der Waals surface area contributed by atoms with Gasteiger partial charge in [0.15, 0.2) is 0 Å². The molecule has 1 aromatic carbocycles. The summed E-state index contributed by atoms with van der Waals surface area (Å²) in [5, 5.41) is 4.23. The number of benzene rings is 1. The molecule has 1 aliphatic carbocycles. The molecule has 3 N–H and O–H groups in total. The molecule has 1 saturated carbocycles. The third-order valence-electron chi connectivity index (χ3n) is 4.59. The van der Waals surface area contributed by atoms with Gasteiger partial charge in [-0.05, 0) is 28.5 Å². The lowest BCUT2D eigenvalue weighted by molar-refractivity contribution is 0.457. The van der Waals surface area contributed by atoms with Gasteiger partial charge < -0.3 is 11.1 Å². The maximum atomic E-state index is 5.90. The Hall–Kier alpha value is -0.730. The Morgan fingerprint density at radius 3 is 2.29 bits per heavy atom. The van der Waals surface area contributed by atoms with E-state index in [9.17, 15) is 0 Å². The van der Waals surface area contributed by atoms with Gasteiger partial charge in [0.2, 0.25) is 0 Å². The molecule has 0 aliphatic heterocycles. The zero-order chi connectivity index (χ0) is 12.8. The largest absolute Gasteiger partial charge is 0.398 e. The smallest absolute Gasteiger partial charge is 0.0635 e. The zero-order valence-electron chi connectivity index (χ0n) is 11.0. The van der Waals surface area contributed by atoms with Crippen molar-refractivity contribution < 1.29 is 0 Å². The molecule has 94 valence electrons. The van der Waals surface area contributed by atoms with Crippen molar-refractivity contribution in [3.05, 3.63) is 28.8 Å². The van der Waals surface area contributed by atoms with E-state index in [-0.39, 0.29) is 0 Å². The van der Waals surface area contributed by atoms with Crippen molar-refractivity contribution >= 4 is 17.3 Å². The van der Waals surface area contributed by atoms with E-state index in [4.69, 9.17) is 17.3 Å². The van der Waals surface area contributed by atoms with Gasteiger partial charge in [-0.15, -0.1) is 0 Å². The van der Waals surface area contributed by atoms with Gasteiger partial charge in [0.1, 0.15) is 0 Å². The molecule has 0 saturated heterocycles. The van der Waals surface area contributed by atoms with Gasteiger partial charge in [-0.1, -0.05) is 45.4 Å². The van der Waals surface area contributed by atoms with Crippen LogP contribution in [-0.4, -0.2) is 6.04 Å². The van der Waals surface area contributed by atoms with Crippen LogP contribution in [0.25, 0.3) is 0 Å². The van der Waals surface area contributed by atoms with Gasteiger partial charge in [-0.3, -0.25) is 0 Å². The van der Waals surface area contributed by atoms with Crippen LogP contribution < -0.4 is 11.1 Å². The predicted octanol–water partition coefficient (Wildman–Crippen LogP) is 3.45. The lowest BCUT2D eigenvalue weighted by atomic mass is 10.0. The molecule has 0 radical (unpaired) electrons. The van der Waals surface area contributed by atoms with Gasteiger partial charge in [-0.25, -0.2) is 0 Å². The van der Waals surface area contributed by atoms with Gasteiger partial charge >= 0.3 is 0 Å². The maximum absolute atomic E-state index is 5.90. The average Bonchev–Trinajstić information content (AvgIpc) is 2.61. The minimum atomic E-state index is 0.366. The zero-order valence-corrected chi connectivity index (χ0v) is 11.7. The standard InChI is InChI=1S/C14H21ClN2/c1-13(2)12(14(13,3)4)17-8-9-5-6-10(15)11(16)7-9/h5-7,12,17H,8,16H2,1-4H3. The monoisotopic (exact) mass is 252 g/mol. The van der Waals surface area contributed by atoms with Crippen molar-refractivity contribution in [1.82, 2.24) is 5.32 Å². The van der Waals surface area contributed by atoms with Gasteiger partial charge in [0, 0.05) is 12.6 Å². The van der Waals surface area contributed by atoms with Crippen LogP contribution in [0.3, 0.4) is 0 Å². The van der Waals surface area contributed by atoms with Crippen LogP contribution >= 0.6 is 11.6 Å². The predicted molar refractivity (Wildman–Crippen MR) is 74.1 cm³/mol. The topological polar surface area (TPSA) is 38.0 Å². The molecule has 0 atom stereocenters. The van der Waals surface area contributed by atoms with Gasteiger partial charge in [0.25, 0.3) is 0 Å². The van der Waals surface area contributed by atoms with E-state index in [1.54, 1.807) is 0 Å². The third-order valence-corrected chi connectivity index (χ3v) is 4.94. The molecule has 0 aromatic heterocycles. The first-order valence-electron chi connectivity index (χ1n) is 6.04. The van der Waals surface area contributed by atoms with Crippen LogP contribution in [0.2, 0.25) is 5.02 Å². The van der Waals surface area contributed by atoms with Crippen LogP contribution in [0.5, 0.6) is 0 Å². The van der Waals surface area contributed by atoms with E-state index in [1.165, 1.54) is 5.56 Å². The molecular formula is C14H21ClN2. The van der Waals surface area contributed by atoms with E-state index in [0.29, 0.717) is 27.6 Å². The molecule has 0 spiro atoms. The molecule has 0 heterocycles. The second-order valence-electron chi connectivity index (χ2n) is 6.11. The van der Waals surface area contributed by atoms with E-state index < -0.39 is 0 Å². The van der Waals surface area contributed by atoms with Crippen molar-refractivity contribution in [3.8, 4) is 0 Å². The fourth-order valence-electron chi connectivity index (χ4n) is 2.63. The highest BCUT2D eigenvalue weighted by atomic mass is 35.5. The number of halogens is 1. The highest BCUT2D eigenvalue weighted by Crippen LogP contribution is 2.62. The number of anilines is 1. The lowest BCUT2D eigenvalue weighted by Gasteiger charge is -2.08. The summed E-state index contributed by atoms with van der Waals surface area (Å²) in [6, 6.07) is 6.38. The van der Waals surface area contributed by atoms with E-state index in [1.807, 2.05) is 18.2 Å². The van der Waals surface area contributed by atoms with Crippen molar-refractivity contribution in [3.63, 3.8) is 0 Å². The summed E-state index contributed by atoms with van der Waals surface area (Å²) in [5.74, 6) is 0. The van der Waals surface area contributed by atoms with Crippen LogP contribution in [0, 0.1) is 10.8 Å². The molecular weight excluding hydrogens is 232 g/mol. The minimum Gasteiger partial charge on any atom is -0.398 e. The summed E-state index contributed by atoms with van der Waals surface area (Å²) >= 11 is 5.90. The fourth-order valence-corrected chi connectivity index (χ4v) is 2.75. The Bertz CT molecular complexity index is 424. The number of nitrogens with one attached hydrogen (secondary N) is 1. The van der Waals surface area contributed by atoms with E-state index >= 15 is 0 Å². The number of nitrogen functional groups attached to an aromatic ring is 1. The maximum Gasteiger partial charge on any atom is 0.0635 e. The van der Waals surface area contributed by atoms with Crippen molar-refractivity contribution in [2.24, 2.45) is 10.8 Å². The summed E-state index contributed by atoms with van der Waals surface area (Å²) in [4.78, 5) is 0. The Balaban J connectivity index is 1.98. The second-order valence-corrected chi connectivity index (χ2v) is 6.52. The Labute approximate surface area is 109 Å². The van der Waals surface area contributed by atoms with E-state index in [2.05, 4.69) is 33.0 Å². The SMILES string of the molecule is CC1(C)C(NCc2ccc(Cl)c(N)c2)C1(C)C. The molecule has 3 heteroatoms. The molecule has 2 nitrogen and oxygen atoms in total. The average molecular weight is 253 g/mol. The van der Waals surface area contributed by atoms with Crippen LogP contribution in [0.1, 0.15) is 33.3 Å². The molecule has 2 rings (SSSR count). The van der Waals surface area contributed by atoms with E-state index in [0.717, 1.165) is 6.54 Å². The fraction of sp³-hybridized carbons (Fsp3) is 0.571. The summed E-state index contributed by atoms with van der Waals surface area (Å²) < 4.78 is 0. The highest BCUT2D eigenvalue weighted by Gasteiger charge is 2.64. The molecule has 1 fully saturated rings. The quantitative estimate of drug-likeness (QED) is 0.809. The van der Waals surface area contributed by atoms with Crippen molar-refractivity contribution in [2.45, 2.75) is 40.3 Å². The number of rotatable bonds is 3. The van der Waals surface area contributed by atoms with Crippen molar-refractivity contribution in [1.29, 1.82) is 0 Å². The first-order chi connectivity index (χ1) is 7.76. The molecule has 0 unspecified atom stereocenters. The lowest BCUT2D eigenvalue weighted by Crippen LogP contribution is -2.21. The molecule has 1 aromatic rings. The van der Waals surface area contributed by atoms with Crippen LogP contribution in [0.15, 0.2) is 18.2 Å².